The molecule has 0 unspecified atom stereocenters. The first-order chi connectivity index (χ1) is 15.0. The lowest BCUT2D eigenvalue weighted by Gasteiger charge is -2.21. The van der Waals surface area contributed by atoms with E-state index in [4.69, 9.17) is 10.6 Å². The van der Waals surface area contributed by atoms with Crippen LogP contribution in [0, 0.1) is 0 Å². The molecule has 0 aliphatic carbocycles. The molecule has 2 aromatic heterocycles. The van der Waals surface area contributed by atoms with Gasteiger partial charge in [-0.15, -0.1) is 11.3 Å². The van der Waals surface area contributed by atoms with E-state index in [0.717, 1.165) is 27.6 Å². The van der Waals surface area contributed by atoms with Crippen LogP contribution in [-0.2, 0) is 9.53 Å². The molecule has 0 fully saturated rings. The maximum Gasteiger partial charge on any atom is 0.337 e. The minimum atomic E-state index is -0.509. The van der Waals surface area contributed by atoms with Crippen LogP contribution in [0.3, 0.4) is 0 Å². The Morgan fingerprint density at radius 3 is 2.84 bits per heavy atom. The number of hydrogen-bond acceptors (Lipinski definition) is 8. The highest BCUT2D eigenvalue weighted by molar-refractivity contribution is 7.99. The lowest BCUT2D eigenvalue weighted by atomic mass is 10.1. The lowest BCUT2D eigenvalue weighted by molar-refractivity contribution is -0.138. The zero-order valence-corrected chi connectivity index (χ0v) is 18.1. The third kappa shape index (κ3) is 4.14. The van der Waals surface area contributed by atoms with Crippen LogP contribution in [0.5, 0.6) is 0 Å². The van der Waals surface area contributed by atoms with Crippen molar-refractivity contribution in [3.63, 3.8) is 0 Å². The average Bonchev–Trinajstić information content (AvgIpc) is 3.20. The third-order valence-electron chi connectivity index (χ3n) is 4.61. The molecule has 4 rings (SSSR count). The van der Waals surface area contributed by atoms with Crippen LogP contribution >= 0.6 is 23.1 Å². The number of nitrogens with one attached hydrogen (secondary N) is 2. The zero-order chi connectivity index (χ0) is 22.0. The van der Waals surface area contributed by atoms with Gasteiger partial charge in [0.05, 0.1) is 24.1 Å². The molecule has 0 saturated heterocycles. The summed E-state index contributed by atoms with van der Waals surface area (Å²) in [4.78, 5) is 42.0. The van der Waals surface area contributed by atoms with E-state index < -0.39 is 12.0 Å². The van der Waals surface area contributed by atoms with E-state index in [0.29, 0.717) is 21.5 Å². The number of nitrogens with two attached hydrogens (primary N) is 1. The number of esters is 1. The molecule has 0 bridgehead atoms. The Bertz CT molecular complexity index is 1250. The van der Waals surface area contributed by atoms with Gasteiger partial charge in [0.25, 0.3) is 5.56 Å². The molecule has 1 aliphatic rings. The fourth-order valence-corrected chi connectivity index (χ4v) is 5.02. The van der Waals surface area contributed by atoms with Crippen molar-refractivity contribution in [2.75, 3.05) is 24.7 Å². The molecule has 2 amide bonds. The van der Waals surface area contributed by atoms with Crippen molar-refractivity contribution in [1.29, 1.82) is 0 Å². The lowest BCUT2D eigenvalue weighted by Crippen LogP contribution is -2.44. The number of carbonyl (C=O) groups is 2. The zero-order valence-electron chi connectivity index (χ0n) is 16.5. The summed E-state index contributed by atoms with van der Waals surface area (Å²) in [6.07, 6.45) is 0. The Kier molecular flexibility index (Phi) is 5.96. The summed E-state index contributed by atoms with van der Waals surface area (Å²) in [6.45, 7) is 1.99. The van der Waals surface area contributed by atoms with E-state index >= 15 is 0 Å². The van der Waals surface area contributed by atoms with Crippen molar-refractivity contribution in [1.82, 2.24) is 20.3 Å². The molecular formula is C20H19N5O4S2. The second-order valence-corrected chi connectivity index (χ2v) is 8.34. The summed E-state index contributed by atoms with van der Waals surface area (Å²) in [7, 11) is 0. The summed E-state index contributed by atoms with van der Waals surface area (Å²) >= 11 is 2.51. The van der Waals surface area contributed by atoms with E-state index in [2.05, 4.69) is 15.6 Å². The molecule has 31 heavy (non-hydrogen) atoms. The topological polar surface area (TPSA) is 128 Å². The van der Waals surface area contributed by atoms with Crippen molar-refractivity contribution in [2.24, 2.45) is 0 Å². The molecule has 3 heterocycles. The maximum absolute atomic E-state index is 13.0. The van der Waals surface area contributed by atoms with Gasteiger partial charge in [0.1, 0.15) is 4.83 Å². The number of benzene rings is 1. The molecule has 0 atom stereocenters. The van der Waals surface area contributed by atoms with Gasteiger partial charge in [-0.3, -0.25) is 4.79 Å². The number of ether oxygens (including phenoxy) is 1. The molecule has 9 nitrogen and oxygen atoms in total. The number of fused-ring (bicyclic) bond motifs is 1. The van der Waals surface area contributed by atoms with Crippen LogP contribution in [0.25, 0.3) is 21.3 Å². The molecule has 0 spiro atoms. The van der Waals surface area contributed by atoms with Crippen LogP contribution in [0.4, 0.5) is 4.79 Å². The highest BCUT2D eigenvalue weighted by Crippen LogP contribution is 2.32. The average molecular weight is 458 g/mol. The number of urea groups is 1. The smallest absolute Gasteiger partial charge is 0.337 e. The van der Waals surface area contributed by atoms with Gasteiger partial charge in [-0.25, -0.2) is 19.2 Å². The second kappa shape index (κ2) is 8.82. The van der Waals surface area contributed by atoms with E-state index in [9.17, 15) is 14.4 Å². The number of aromatic nitrogens is 2. The number of rotatable bonds is 6. The van der Waals surface area contributed by atoms with Gasteiger partial charge in [-0.2, -0.15) is 0 Å². The predicted octanol–water partition coefficient (Wildman–Crippen LogP) is 2.06. The van der Waals surface area contributed by atoms with Gasteiger partial charge in [-0.05, 0) is 12.5 Å². The first-order valence-corrected chi connectivity index (χ1v) is 11.3. The number of carbonyl (C=O) groups excluding carboxylic acids is 2. The van der Waals surface area contributed by atoms with E-state index in [-0.39, 0.29) is 29.6 Å². The predicted molar refractivity (Wildman–Crippen MR) is 120 cm³/mol. The Balaban J connectivity index is 1.66. The van der Waals surface area contributed by atoms with Gasteiger partial charge in [0.15, 0.2) is 5.16 Å². The Labute approximate surface area is 185 Å². The quantitative estimate of drug-likeness (QED) is 0.224. The van der Waals surface area contributed by atoms with E-state index in [1.165, 1.54) is 11.3 Å². The van der Waals surface area contributed by atoms with E-state index in [1.54, 1.807) is 6.92 Å². The molecule has 3 aromatic rings. The normalized spacial score (nSPS) is 13.8. The van der Waals surface area contributed by atoms with Crippen LogP contribution in [0.2, 0.25) is 0 Å². The second-order valence-electron chi connectivity index (χ2n) is 6.54. The first kappa shape index (κ1) is 20.9. The first-order valence-electron chi connectivity index (χ1n) is 9.41. The van der Waals surface area contributed by atoms with Crippen molar-refractivity contribution in [3.8, 4) is 11.1 Å². The number of hydrogen-bond donors (Lipinski definition) is 3. The van der Waals surface area contributed by atoms with Crippen LogP contribution < -0.4 is 22.0 Å². The van der Waals surface area contributed by atoms with Crippen molar-refractivity contribution >= 4 is 45.3 Å². The number of nitrogen functional groups attached to an aromatic ring is 1. The molecule has 4 N–H and O–H groups in total. The molecular weight excluding hydrogens is 438 g/mol. The fraction of sp³-hybridized carbons (Fsp3) is 0.200. The minimum absolute atomic E-state index is 0.0633. The number of thioether (sulfide) groups is 1. The van der Waals surface area contributed by atoms with Crippen LogP contribution in [0.1, 0.15) is 6.92 Å². The Hall–Kier alpha value is -3.31. The van der Waals surface area contributed by atoms with Crippen LogP contribution in [-0.4, -0.2) is 40.6 Å². The number of thiophene rings is 1. The molecule has 0 radical (unpaired) electrons. The minimum Gasteiger partial charge on any atom is -0.463 e. The van der Waals surface area contributed by atoms with Crippen molar-refractivity contribution in [3.05, 3.63) is 57.3 Å². The maximum atomic E-state index is 13.0. The SMILES string of the molecule is CCOC(=O)C1=C(CSc2nc3scc(-c4ccccc4)c3c(=O)n2N)NC(=O)NC1. The van der Waals surface area contributed by atoms with Gasteiger partial charge in [0.2, 0.25) is 0 Å². The monoisotopic (exact) mass is 457 g/mol. The van der Waals surface area contributed by atoms with Crippen molar-refractivity contribution < 1.29 is 14.3 Å². The van der Waals surface area contributed by atoms with Gasteiger partial charge < -0.3 is 21.2 Å². The summed E-state index contributed by atoms with van der Waals surface area (Å²) in [5.41, 5.74) is 2.06. The summed E-state index contributed by atoms with van der Waals surface area (Å²) in [5, 5.41) is 7.81. The number of nitrogens with zero attached hydrogens (tertiary/aromatic N) is 2. The van der Waals surface area contributed by atoms with E-state index in [1.807, 2.05) is 35.7 Å². The molecule has 11 heteroatoms. The van der Waals surface area contributed by atoms with Gasteiger partial charge in [-0.1, -0.05) is 42.1 Å². The van der Waals surface area contributed by atoms with Gasteiger partial charge >= 0.3 is 12.0 Å². The summed E-state index contributed by atoms with van der Waals surface area (Å²) in [5.74, 6) is 5.74. The standard InChI is InChI=1S/C20H19N5O4S2/c1-2-29-18(27)12-8-22-19(28)23-14(12)10-31-20-24-16-15(17(26)25(20)21)13(9-30-16)11-6-4-3-5-7-11/h3-7,9H,2,8,10,21H2,1H3,(H2,22,23,28). The Morgan fingerprint density at radius 2 is 2.10 bits per heavy atom. The summed E-state index contributed by atoms with van der Waals surface area (Å²) < 4.78 is 6.05. The number of amides is 2. The largest absolute Gasteiger partial charge is 0.463 e. The molecule has 1 aliphatic heterocycles. The van der Waals surface area contributed by atoms with Crippen molar-refractivity contribution in [2.45, 2.75) is 12.1 Å². The summed E-state index contributed by atoms with van der Waals surface area (Å²) in [6, 6.07) is 9.15. The van der Waals surface area contributed by atoms with Gasteiger partial charge in [0, 0.05) is 22.4 Å². The highest BCUT2D eigenvalue weighted by Gasteiger charge is 2.24. The molecule has 0 saturated carbocycles. The Morgan fingerprint density at radius 1 is 1.32 bits per heavy atom. The fourth-order valence-electron chi connectivity index (χ4n) is 3.12. The molecule has 1 aromatic carbocycles. The van der Waals surface area contributed by atoms with Crippen LogP contribution in [0.15, 0.2) is 56.9 Å². The highest BCUT2D eigenvalue weighted by atomic mass is 32.2. The third-order valence-corrected chi connectivity index (χ3v) is 6.47. The molecule has 160 valence electrons.